The van der Waals surface area contributed by atoms with Crippen LogP contribution < -0.4 is 15.5 Å². The van der Waals surface area contributed by atoms with E-state index in [1.165, 1.54) is 32.1 Å². The van der Waals surface area contributed by atoms with Crippen LogP contribution in [0.25, 0.3) is 0 Å². The molecule has 3 amide bonds. The first-order valence-corrected chi connectivity index (χ1v) is 11.1. The maximum absolute atomic E-state index is 12.4. The van der Waals surface area contributed by atoms with Gasteiger partial charge in [-0.2, -0.15) is 0 Å². The number of benzene rings is 1. The molecule has 1 aromatic carbocycles. The molecule has 0 spiro atoms. The first-order chi connectivity index (χ1) is 14.1. The minimum atomic E-state index is -0.268. The second kappa shape index (κ2) is 8.97. The van der Waals surface area contributed by atoms with E-state index in [-0.39, 0.29) is 30.3 Å². The van der Waals surface area contributed by atoms with Crippen molar-refractivity contribution in [2.45, 2.75) is 63.8 Å². The van der Waals surface area contributed by atoms with E-state index in [1.54, 1.807) is 29.2 Å². The summed E-state index contributed by atoms with van der Waals surface area (Å²) in [6.45, 7) is 0.725. The zero-order chi connectivity index (χ0) is 20.2. The van der Waals surface area contributed by atoms with Crippen LogP contribution in [0.15, 0.2) is 24.3 Å². The van der Waals surface area contributed by atoms with Crippen LogP contribution in [-0.2, 0) is 9.59 Å². The number of nitrogens with zero attached hydrogens (tertiary/aromatic N) is 1. The molecule has 1 aromatic rings. The molecule has 2 aliphatic carbocycles. The number of anilines is 1. The lowest BCUT2D eigenvalue weighted by atomic mass is 9.69. The van der Waals surface area contributed by atoms with Gasteiger partial charge in [0.15, 0.2) is 0 Å². The average Bonchev–Trinajstić information content (AvgIpc) is 3.18. The fraction of sp³-hybridized carbons (Fsp3) is 0.609. The summed E-state index contributed by atoms with van der Waals surface area (Å²) in [5.74, 6) is 1.36. The van der Waals surface area contributed by atoms with E-state index in [1.807, 2.05) is 0 Å². The van der Waals surface area contributed by atoms with Crippen LogP contribution in [0, 0.1) is 11.8 Å². The Bertz CT molecular complexity index is 761. The average molecular weight is 398 g/mol. The van der Waals surface area contributed by atoms with Crippen LogP contribution in [-0.4, -0.2) is 36.9 Å². The third kappa shape index (κ3) is 4.80. The minimum absolute atomic E-state index is 0.00418. The Morgan fingerprint density at radius 3 is 2.45 bits per heavy atom. The number of nitrogens with one attached hydrogen (secondary N) is 2. The number of amides is 3. The molecule has 6 heteroatoms. The van der Waals surface area contributed by atoms with Crippen LogP contribution in [0.2, 0.25) is 0 Å². The lowest BCUT2D eigenvalue weighted by Gasteiger charge is -2.39. The molecule has 0 aromatic heterocycles. The normalized spacial score (nSPS) is 26.7. The van der Waals surface area contributed by atoms with E-state index in [9.17, 15) is 14.4 Å². The molecule has 3 atom stereocenters. The Balaban J connectivity index is 1.23. The molecule has 3 fully saturated rings. The van der Waals surface area contributed by atoms with Crippen molar-refractivity contribution in [1.82, 2.24) is 10.6 Å². The molecule has 4 rings (SSSR count). The molecular formula is C23H31N3O3. The van der Waals surface area contributed by atoms with Crippen LogP contribution in [0.1, 0.15) is 68.1 Å². The van der Waals surface area contributed by atoms with Crippen molar-refractivity contribution < 1.29 is 14.4 Å². The molecule has 1 heterocycles. The topological polar surface area (TPSA) is 78.5 Å². The largest absolute Gasteiger partial charge is 0.352 e. The Morgan fingerprint density at radius 2 is 1.72 bits per heavy atom. The lowest BCUT2D eigenvalue weighted by Crippen LogP contribution is -2.45. The molecule has 0 unspecified atom stereocenters. The first-order valence-electron chi connectivity index (χ1n) is 11.1. The lowest BCUT2D eigenvalue weighted by molar-refractivity contribution is -0.121. The predicted molar refractivity (Wildman–Crippen MR) is 112 cm³/mol. The molecule has 29 heavy (non-hydrogen) atoms. The molecule has 2 saturated carbocycles. The Morgan fingerprint density at radius 1 is 0.966 bits per heavy atom. The van der Waals surface area contributed by atoms with Crippen LogP contribution >= 0.6 is 0 Å². The number of hydrogen-bond donors (Lipinski definition) is 2. The van der Waals surface area contributed by atoms with E-state index < -0.39 is 0 Å². The monoisotopic (exact) mass is 397 g/mol. The number of rotatable bonds is 5. The van der Waals surface area contributed by atoms with E-state index in [4.69, 9.17) is 0 Å². The summed E-state index contributed by atoms with van der Waals surface area (Å²) < 4.78 is 0. The van der Waals surface area contributed by atoms with Crippen molar-refractivity contribution in [2.75, 3.05) is 18.0 Å². The van der Waals surface area contributed by atoms with Gasteiger partial charge in [-0.1, -0.05) is 25.7 Å². The summed E-state index contributed by atoms with van der Waals surface area (Å²) in [6.07, 6.45) is 10.1. The van der Waals surface area contributed by atoms with Crippen molar-refractivity contribution in [1.29, 1.82) is 0 Å². The molecule has 3 aliphatic rings. The van der Waals surface area contributed by atoms with Gasteiger partial charge in [-0.3, -0.25) is 14.4 Å². The molecule has 1 aliphatic heterocycles. The van der Waals surface area contributed by atoms with Crippen LogP contribution in [0.4, 0.5) is 5.69 Å². The predicted octanol–water partition coefficient (Wildman–Crippen LogP) is 3.02. The quantitative estimate of drug-likeness (QED) is 0.802. The van der Waals surface area contributed by atoms with Crippen molar-refractivity contribution >= 4 is 23.4 Å². The summed E-state index contributed by atoms with van der Waals surface area (Å²) >= 11 is 0. The van der Waals surface area contributed by atoms with Crippen LogP contribution in [0.5, 0.6) is 0 Å². The van der Waals surface area contributed by atoms with Crippen molar-refractivity contribution in [2.24, 2.45) is 11.8 Å². The standard InChI is InChI=1S/C23H31N3O3/c27-21(25-19-10-7-16-4-1-2-5-18(16)14-19)15-24-23(29)17-8-11-20(12-9-17)26-13-3-6-22(26)28/h8-9,11-12,16,18-19H,1-7,10,13-15H2,(H,24,29)(H,25,27)/t16-,18-,19+/m0/s1. The molecule has 0 radical (unpaired) electrons. The highest BCUT2D eigenvalue weighted by Crippen LogP contribution is 2.40. The minimum Gasteiger partial charge on any atom is -0.352 e. The van der Waals surface area contributed by atoms with Gasteiger partial charge in [0.25, 0.3) is 5.91 Å². The second-order valence-electron chi connectivity index (χ2n) is 8.76. The molecule has 1 saturated heterocycles. The van der Waals surface area contributed by atoms with E-state index in [0.29, 0.717) is 12.0 Å². The summed E-state index contributed by atoms with van der Waals surface area (Å²) in [5, 5.41) is 5.82. The fourth-order valence-corrected chi connectivity index (χ4v) is 5.26. The van der Waals surface area contributed by atoms with Gasteiger partial charge in [0, 0.05) is 30.3 Å². The highest BCUT2D eigenvalue weighted by Gasteiger charge is 2.32. The highest BCUT2D eigenvalue weighted by atomic mass is 16.2. The van der Waals surface area contributed by atoms with Crippen molar-refractivity contribution in [3.8, 4) is 0 Å². The molecule has 6 nitrogen and oxygen atoms in total. The molecular weight excluding hydrogens is 366 g/mol. The third-order valence-electron chi connectivity index (χ3n) is 6.83. The molecule has 156 valence electrons. The Kier molecular flexibility index (Phi) is 6.16. The third-order valence-corrected chi connectivity index (χ3v) is 6.83. The summed E-state index contributed by atoms with van der Waals surface area (Å²) in [7, 11) is 0. The van der Waals surface area contributed by atoms with E-state index in [2.05, 4.69) is 10.6 Å². The van der Waals surface area contributed by atoms with Gasteiger partial charge in [0.1, 0.15) is 0 Å². The Hall–Kier alpha value is -2.37. The zero-order valence-corrected chi connectivity index (χ0v) is 17.0. The van der Waals surface area contributed by atoms with Gasteiger partial charge in [0.2, 0.25) is 11.8 Å². The smallest absolute Gasteiger partial charge is 0.251 e. The summed E-state index contributed by atoms with van der Waals surface area (Å²) in [5.41, 5.74) is 1.32. The van der Waals surface area contributed by atoms with Crippen LogP contribution in [0.3, 0.4) is 0 Å². The van der Waals surface area contributed by atoms with Crippen molar-refractivity contribution in [3.63, 3.8) is 0 Å². The summed E-state index contributed by atoms with van der Waals surface area (Å²) in [4.78, 5) is 38.2. The van der Waals surface area contributed by atoms with Gasteiger partial charge >= 0.3 is 0 Å². The maximum atomic E-state index is 12.4. The fourth-order valence-electron chi connectivity index (χ4n) is 5.26. The van der Waals surface area contributed by atoms with E-state index >= 15 is 0 Å². The van der Waals surface area contributed by atoms with Gasteiger partial charge in [0.05, 0.1) is 6.54 Å². The Labute approximate surface area is 172 Å². The van der Waals surface area contributed by atoms with Gasteiger partial charge in [-0.05, 0) is 61.8 Å². The maximum Gasteiger partial charge on any atom is 0.251 e. The van der Waals surface area contributed by atoms with Gasteiger partial charge in [-0.25, -0.2) is 0 Å². The van der Waals surface area contributed by atoms with Gasteiger partial charge in [-0.15, -0.1) is 0 Å². The van der Waals surface area contributed by atoms with E-state index in [0.717, 1.165) is 43.3 Å². The first kappa shape index (κ1) is 19.9. The SMILES string of the molecule is O=C(CNC(=O)c1ccc(N2CCCC2=O)cc1)N[C@@H]1CC[C@@H]2CCCC[C@H]2C1. The molecule has 2 N–H and O–H groups in total. The highest BCUT2D eigenvalue weighted by molar-refractivity contribution is 5.98. The molecule has 0 bridgehead atoms. The number of fused-ring (bicyclic) bond motifs is 1. The number of carbonyl (C=O) groups is 3. The zero-order valence-electron chi connectivity index (χ0n) is 17.0. The van der Waals surface area contributed by atoms with Crippen molar-refractivity contribution in [3.05, 3.63) is 29.8 Å². The second-order valence-corrected chi connectivity index (χ2v) is 8.76. The summed E-state index contributed by atoms with van der Waals surface area (Å²) in [6, 6.07) is 7.25. The number of carbonyl (C=O) groups excluding carboxylic acids is 3. The number of hydrogen-bond acceptors (Lipinski definition) is 3. The van der Waals surface area contributed by atoms with Gasteiger partial charge < -0.3 is 15.5 Å².